The second kappa shape index (κ2) is 9.08. The number of aromatic nitrogens is 1. The summed E-state index contributed by atoms with van der Waals surface area (Å²) in [5, 5.41) is 4.41. The van der Waals surface area contributed by atoms with Crippen LogP contribution >= 0.6 is 22.7 Å². The lowest BCUT2D eigenvalue weighted by Crippen LogP contribution is -2.15. The number of methoxy groups -OCH3 is 1. The normalized spacial score (nSPS) is 13.4. The van der Waals surface area contributed by atoms with Crippen LogP contribution in [0.3, 0.4) is 0 Å². The van der Waals surface area contributed by atoms with Gasteiger partial charge in [-0.15, -0.1) is 22.7 Å². The number of hydrogen-bond acceptors (Lipinski definition) is 6. The molecular formula is C26H24N2O3S2. The maximum atomic E-state index is 13.6. The lowest BCUT2D eigenvalue weighted by molar-refractivity contribution is 0.0601. The second-order valence-electron chi connectivity index (χ2n) is 8.20. The minimum Gasteiger partial charge on any atom is -0.465 e. The Labute approximate surface area is 200 Å². The molecule has 0 bridgehead atoms. The van der Waals surface area contributed by atoms with Crippen molar-refractivity contribution >= 4 is 50.5 Å². The van der Waals surface area contributed by atoms with E-state index in [-0.39, 0.29) is 11.9 Å². The van der Waals surface area contributed by atoms with E-state index in [1.165, 1.54) is 28.2 Å². The van der Waals surface area contributed by atoms with E-state index >= 15 is 0 Å². The number of thiophene rings is 2. The minimum absolute atomic E-state index is 0.246. The number of hydrogen-bond donors (Lipinski definition) is 1. The maximum Gasteiger partial charge on any atom is 0.341 e. The number of rotatable bonds is 4. The van der Waals surface area contributed by atoms with Gasteiger partial charge in [-0.05, 0) is 62.4 Å². The molecule has 0 aliphatic heterocycles. The first-order valence-electron chi connectivity index (χ1n) is 11.1. The highest BCUT2D eigenvalue weighted by Gasteiger charge is 2.27. The number of fused-ring (bicyclic) bond motifs is 2. The van der Waals surface area contributed by atoms with E-state index in [1.54, 1.807) is 11.3 Å². The minimum atomic E-state index is -0.390. The number of ether oxygens (including phenoxy) is 1. The molecule has 0 saturated carbocycles. The van der Waals surface area contributed by atoms with Crippen molar-refractivity contribution < 1.29 is 14.3 Å². The molecule has 33 heavy (non-hydrogen) atoms. The number of nitrogens with zero attached hydrogens (tertiary/aromatic N) is 1. The predicted molar refractivity (Wildman–Crippen MR) is 135 cm³/mol. The van der Waals surface area contributed by atoms with Crippen LogP contribution in [0.1, 0.15) is 55.3 Å². The third-order valence-corrected chi connectivity index (χ3v) is 8.22. The Hall–Kier alpha value is -3.03. The van der Waals surface area contributed by atoms with Crippen LogP contribution in [-0.4, -0.2) is 24.0 Å². The number of nitrogens with one attached hydrogen (secondary N) is 1. The first-order valence-corrected chi connectivity index (χ1v) is 12.7. The summed E-state index contributed by atoms with van der Waals surface area (Å²) in [5.74, 6) is -0.635. The van der Waals surface area contributed by atoms with Crippen molar-refractivity contribution in [3.8, 4) is 10.6 Å². The number of benzene rings is 1. The Morgan fingerprint density at radius 1 is 1.03 bits per heavy atom. The van der Waals surface area contributed by atoms with Crippen LogP contribution in [0.2, 0.25) is 0 Å². The van der Waals surface area contributed by atoms with Crippen LogP contribution in [0.25, 0.3) is 21.5 Å². The Morgan fingerprint density at radius 2 is 1.85 bits per heavy atom. The van der Waals surface area contributed by atoms with Gasteiger partial charge in [-0.1, -0.05) is 24.6 Å². The van der Waals surface area contributed by atoms with Crippen molar-refractivity contribution in [2.75, 3.05) is 12.4 Å². The SMILES string of the molecule is COC(=O)c1c(NC(=O)c2cc(-c3ccc(C)s3)nc3ccccc23)sc2c1CCCCC2. The third kappa shape index (κ3) is 4.18. The Balaban J connectivity index is 1.58. The molecule has 0 fully saturated rings. The maximum absolute atomic E-state index is 13.6. The molecular weight excluding hydrogens is 452 g/mol. The molecule has 5 nitrogen and oxygen atoms in total. The number of esters is 1. The Bertz CT molecular complexity index is 1370. The molecule has 3 heterocycles. The van der Waals surface area contributed by atoms with Gasteiger partial charge in [0.2, 0.25) is 0 Å². The summed E-state index contributed by atoms with van der Waals surface area (Å²) in [6.45, 7) is 2.05. The molecule has 7 heteroatoms. The van der Waals surface area contributed by atoms with Crippen molar-refractivity contribution in [2.45, 2.75) is 39.0 Å². The van der Waals surface area contributed by atoms with Crippen LogP contribution in [0.15, 0.2) is 42.5 Å². The molecule has 1 aromatic carbocycles. The first kappa shape index (κ1) is 21.8. The number of pyridine rings is 1. The van der Waals surface area contributed by atoms with Crippen LogP contribution in [-0.2, 0) is 17.6 Å². The summed E-state index contributed by atoms with van der Waals surface area (Å²) in [7, 11) is 1.39. The van der Waals surface area contributed by atoms with Crippen molar-refractivity contribution in [2.24, 2.45) is 0 Å². The van der Waals surface area contributed by atoms with Gasteiger partial charge in [-0.2, -0.15) is 0 Å². The van der Waals surface area contributed by atoms with E-state index in [1.807, 2.05) is 36.4 Å². The van der Waals surface area contributed by atoms with Gasteiger partial charge < -0.3 is 10.1 Å². The Morgan fingerprint density at radius 3 is 2.64 bits per heavy atom. The highest BCUT2D eigenvalue weighted by atomic mass is 32.1. The van der Waals surface area contributed by atoms with Crippen LogP contribution in [0.5, 0.6) is 0 Å². The van der Waals surface area contributed by atoms with E-state index in [0.717, 1.165) is 59.1 Å². The van der Waals surface area contributed by atoms with Gasteiger partial charge in [-0.25, -0.2) is 9.78 Å². The number of para-hydroxylation sites is 1. The highest BCUT2D eigenvalue weighted by Crippen LogP contribution is 2.38. The van der Waals surface area contributed by atoms with Crippen molar-refractivity contribution in [1.82, 2.24) is 4.98 Å². The van der Waals surface area contributed by atoms with Crippen molar-refractivity contribution in [3.63, 3.8) is 0 Å². The lowest BCUT2D eigenvalue weighted by atomic mass is 10.0. The van der Waals surface area contributed by atoms with E-state index in [0.29, 0.717) is 16.1 Å². The monoisotopic (exact) mass is 476 g/mol. The summed E-state index contributed by atoms with van der Waals surface area (Å²) >= 11 is 3.15. The number of aryl methyl sites for hydroxylation is 2. The fourth-order valence-corrected chi connectivity index (χ4v) is 6.48. The van der Waals surface area contributed by atoms with Gasteiger partial charge in [0.25, 0.3) is 5.91 Å². The topological polar surface area (TPSA) is 68.3 Å². The average molecular weight is 477 g/mol. The number of amides is 1. The van der Waals surface area contributed by atoms with E-state index in [2.05, 4.69) is 18.3 Å². The summed E-state index contributed by atoms with van der Waals surface area (Å²) in [4.78, 5) is 34.4. The summed E-state index contributed by atoms with van der Waals surface area (Å²) in [6.07, 6.45) is 5.06. The molecule has 3 aromatic heterocycles. The Kier molecular flexibility index (Phi) is 6.00. The zero-order valence-corrected chi connectivity index (χ0v) is 20.2. The third-order valence-electron chi connectivity index (χ3n) is 5.99. The number of carbonyl (C=O) groups excluding carboxylic acids is 2. The lowest BCUT2D eigenvalue weighted by Gasteiger charge is -2.11. The fourth-order valence-electron chi connectivity index (χ4n) is 4.38. The highest BCUT2D eigenvalue weighted by molar-refractivity contribution is 7.17. The van der Waals surface area contributed by atoms with Gasteiger partial charge >= 0.3 is 5.97 Å². The molecule has 0 radical (unpaired) electrons. The van der Waals surface area contributed by atoms with Crippen LogP contribution in [0, 0.1) is 6.92 Å². The van der Waals surface area contributed by atoms with E-state index < -0.39 is 0 Å². The second-order valence-corrected chi connectivity index (χ2v) is 10.6. The molecule has 1 aliphatic carbocycles. The molecule has 0 unspecified atom stereocenters. The van der Waals surface area contributed by atoms with Crippen LogP contribution in [0.4, 0.5) is 5.00 Å². The van der Waals surface area contributed by atoms with Gasteiger partial charge in [0, 0.05) is 15.1 Å². The van der Waals surface area contributed by atoms with E-state index in [4.69, 9.17) is 9.72 Å². The molecule has 168 valence electrons. The standard InChI is InChI=1S/C26H24N2O3S2/c1-15-12-13-22(32-15)20-14-18(16-8-6-7-10-19(16)27-20)24(29)28-25-23(26(30)31-2)17-9-4-3-5-11-21(17)33-25/h6-8,10,12-14H,3-5,9,11H2,1-2H3,(H,28,29). The molecule has 0 atom stereocenters. The molecule has 1 amide bonds. The quantitative estimate of drug-likeness (QED) is 0.265. The van der Waals surface area contributed by atoms with Gasteiger partial charge in [0.1, 0.15) is 5.00 Å². The van der Waals surface area contributed by atoms with Gasteiger partial charge in [0.15, 0.2) is 0 Å². The number of carbonyl (C=O) groups is 2. The molecule has 0 spiro atoms. The number of anilines is 1. The molecule has 0 saturated heterocycles. The summed E-state index contributed by atoms with van der Waals surface area (Å²) < 4.78 is 5.09. The molecule has 1 N–H and O–H groups in total. The smallest absolute Gasteiger partial charge is 0.341 e. The summed E-state index contributed by atoms with van der Waals surface area (Å²) in [6, 6.07) is 13.6. The van der Waals surface area contributed by atoms with Crippen molar-refractivity contribution in [3.05, 3.63) is 68.9 Å². The zero-order chi connectivity index (χ0) is 22.9. The molecule has 4 aromatic rings. The predicted octanol–water partition coefficient (Wildman–Crippen LogP) is 6.64. The van der Waals surface area contributed by atoms with Gasteiger partial charge in [0.05, 0.1) is 34.3 Å². The van der Waals surface area contributed by atoms with Crippen LogP contribution < -0.4 is 5.32 Å². The molecule has 1 aliphatic rings. The zero-order valence-electron chi connectivity index (χ0n) is 18.6. The van der Waals surface area contributed by atoms with Crippen molar-refractivity contribution in [1.29, 1.82) is 0 Å². The molecule has 5 rings (SSSR count). The van der Waals surface area contributed by atoms with Gasteiger partial charge in [-0.3, -0.25) is 4.79 Å². The van der Waals surface area contributed by atoms with E-state index in [9.17, 15) is 9.59 Å². The largest absolute Gasteiger partial charge is 0.465 e. The first-order chi connectivity index (χ1) is 16.0. The average Bonchev–Trinajstić information content (AvgIpc) is 3.33. The summed E-state index contributed by atoms with van der Waals surface area (Å²) in [5.41, 5.74) is 3.63. The fraction of sp³-hybridized carbons (Fsp3) is 0.269.